The van der Waals surface area contributed by atoms with Gasteiger partial charge in [0.1, 0.15) is 11.5 Å². The summed E-state index contributed by atoms with van der Waals surface area (Å²) in [5.41, 5.74) is 4.65. The van der Waals surface area contributed by atoms with Crippen LogP contribution in [0.2, 0.25) is 0 Å². The minimum absolute atomic E-state index is 0.394. The Labute approximate surface area is 181 Å². The second-order valence-corrected chi connectivity index (χ2v) is 6.93. The van der Waals surface area contributed by atoms with Crippen molar-refractivity contribution in [1.82, 2.24) is 0 Å². The first-order chi connectivity index (χ1) is 14.9. The number of benzene rings is 3. The van der Waals surface area contributed by atoms with Crippen LogP contribution in [0.15, 0.2) is 92.0 Å². The van der Waals surface area contributed by atoms with Crippen LogP contribution in [0.4, 0.5) is 17.1 Å². The Morgan fingerprint density at radius 2 is 1.16 bits per heavy atom. The Balaban J connectivity index is 2.13. The van der Waals surface area contributed by atoms with E-state index in [0.29, 0.717) is 11.5 Å². The molecule has 0 N–H and O–H groups in total. The summed E-state index contributed by atoms with van der Waals surface area (Å²) in [7, 11) is 0. The van der Waals surface area contributed by atoms with Gasteiger partial charge in [0.2, 0.25) is 0 Å². The highest BCUT2D eigenvalue weighted by Crippen LogP contribution is 2.38. The predicted octanol–water partition coefficient (Wildman–Crippen LogP) is 5.96. The molecule has 3 rings (SSSR count). The van der Waals surface area contributed by atoms with Crippen LogP contribution in [0.25, 0.3) is 0 Å². The highest BCUT2D eigenvalue weighted by atomic mass is 16.5. The van der Waals surface area contributed by atoms with Gasteiger partial charge in [0.25, 0.3) is 0 Å². The van der Waals surface area contributed by atoms with E-state index in [1.807, 2.05) is 30.9 Å². The molecule has 0 bridgehead atoms. The Morgan fingerprint density at radius 3 is 1.58 bits per heavy atom. The summed E-state index contributed by atoms with van der Waals surface area (Å²) in [5, 5.41) is 0. The van der Waals surface area contributed by atoms with Crippen molar-refractivity contribution in [3.8, 4) is 11.5 Å². The largest absolute Gasteiger partial charge is 0.423 e. The molecule has 5 nitrogen and oxygen atoms in total. The SMILES string of the molecule is C=CC(=O)Oc1cccc(N(c2cc(C)cc(C)c2)c2cccc(OC(=O)C=C)c2)c1. The molecule has 0 aliphatic rings. The predicted molar refractivity (Wildman–Crippen MR) is 122 cm³/mol. The van der Waals surface area contributed by atoms with Crippen molar-refractivity contribution >= 4 is 29.0 Å². The number of nitrogens with zero attached hydrogens (tertiary/aromatic N) is 1. The summed E-state index contributed by atoms with van der Waals surface area (Å²) in [6.07, 6.45) is 2.23. The monoisotopic (exact) mass is 413 g/mol. The van der Waals surface area contributed by atoms with Crippen molar-refractivity contribution in [2.24, 2.45) is 0 Å². The first-order valence-corrected chi connectivity index (χ1v) is 9.66. The van der Waals surface area contributed by atoms with Crippen molar-refractivity contribution < 1.29 is 19.1 Å². The van der Waals surface area contributed by atoms with Gasteiger partial charge in [-0.2, -0.15) is 0 Å². The zero-order chi connectivity index (χ0) is 22.4. The van der Waals surface area contributed by atoms with Crippen LogP contribution in [-0.4, -0.2) is 11.9 Å². The second-order valence-electron chi connectivity index (χ2n) is 6.93. The maximum Gasteiger partial charge on any atom is 0.335 e. The lowest BCUT2D eigenvalue weighted by molar-refractivity contribution is -0.129. The molecule has 0 radical (unpaired) electrons. The highest BCUT2D eigenvalue weighted by Gasteiger charge is 2.16. The zero-order valence-electron chi connectivity index (χ0n) is 17.5. The van der Waals surface area contributed by atoms with E-state index in [0.717, 1.165) is 40.3 Å². The fourth-order valence-electron chi connectivity index (χ4n) is 3.21. The third kappa shape index (κ3) is 5.48. The Bertz CT molecular complexity index is 1060. The molecule has 0 aliphatic carbocycles. The van der Waals surface area contributed by atoms with Crippen LogP contribution >= 0.6 is 0 Å². The van der Waals surface area contributed by atoms with Crippen LogP contribution < -0.4 is 14.4 Å². The number of carbonyl (C=O) groups is 2. The van der Waals surface area contributed by atoms with E-state index >= 15 is 0 Å². The van der Waals surface area contributed by atoms with Crippen LogP contribution in [0.3, 0.4) is 0 Å². The first-order valence-electron chi connectivity index (χ1n) is 9.66. The Kier molecular flexibility index (Phi) is 6.67. The second kappa shape index (κ2) is 9.59. The number of hydrogen-bond acceptors (Lipinski definition) is 5. The minimum Gasteiger partial charge on any atom is -0.423 e. The Morgan fingerprint density at radius 1 is 0.710 bits per heavy atom. The number of rotatable bonds is 7. The Hall–Kier alpha value is -4.12. The smallest absolute Gasteiger partial charge is 0.335 e. The van der Waals surface area contributed by atoms with Crippen LogP contribution in [0, 0.1) is 13.8 Å². The molecular weight excluding hydrogens is 390 g/mol. The molecular formula is C26H23NO4. The van der Waals surface area contributed by atoms with E-state index in [9.17, 15) is 9.59 Å². The van der Waals surface area contributed by atoms with E-state index in [1.54, 1.807) is 36.4 Å². The van der Waals surface area contributed by atoms with Gasteiger partial charge in [-0.1, -0.05) is 31.4 Å². The number of esters is 2. The highest BCUT2D eigenvalue weighted by molar-refractivity contribution is 5.85. The van der Waals surface area contributed by atoms with Crippen LogP contribution in [0.1, 0.15) is 11.1 Å². The van der Waals surface area contributed by atoms with Crippen molar-refractivity contribution in [3.63, 3.8) is 0 Å². The van der Waals surface area contributed by atoms with E-state index in [1.165, 1.54) is 0 Å². The molecule has 0 fully saturated rings. The number of carbonyl (C=O) groups excluding carboxylic acids is 2. The van der Waals surface area contributed by atoms with E-state index in [2.05, 4.69) is 31.4 Å². The average Bonchev–Trinajstić information content (AvgIpc) is 2.73. The number of ether oxygens (including phenoxy) is 2. The van der Waals surface area contributed by atoms with Gasteiger partial charge in [-0.05, 0) is 61.4 Å². The molecule has 0 heterocycles. The molecule has 0 amide bonds. The summed E-state index contributed by atoms with van der Waals surface area (Å²) < 4.78 is 10.6. The van der Waals surface area contributed by atoms with Crippen LogP contribution in [-0.2, 0) is 9.59 Å². The third-order valence-corrected chi connectivity index (χ3v) is 4.39. The number of aryl methyl sites for hydroxylation is 2. The quantitative estimate of drug-likeness (QED) is 0.272. The average molecular weight is 413 g/mol. The van der Waals surface area contributed by atoms with Crippen LogP contribution in [0.5, 0.6) is 11.5 Å². The fraction of sp³-hybridized carbons (Fsp3) is 0.0769. The topological polar surface area (TPSA) is 55.8 Å². The van der Waals surface area contributed by atoms with E-state index in [4.69, 9.17) is 9.47 Å². The molecule has 0 saturated heterocycles. The third-order valence-electron chi connectivity index (χ3n) is 4.39. The van der Waals surface area contributed by atoms with Gasteiger partial charge in [-0.3, -0.25) is 0 Å². The molecule has 5 heteroatoms. The van der Waals surface area contributed by atoms with Gasteiger partial charge in [-0.15, -0.1) is 0 Å². The zero-order valence-corrected chi connectivity index (χ0v) is 17.5. The standard InChI is InChI=1S/C26H23NO4/c1-5-25(28)30-23-11-7-9-20(16-23)27(22-14-18(3)13-19(4)15-22)21-10-8-12-24(17-21)31-26(29)6-2/h5-17H,1-2H2,3-4H3. The lowest BCUT2D eigenvalue weighted by Crippen LogP contribution is -2.12. The summed E-state index contributed by atoms with van der Waals surface area (Å²) in [4.78, 5) is 25.3. The van der Waals surface area contributed by atoms with E-state index < -0.39 is 11.9 Å². The minimum atomic E-state index is -0.534. The molecule has 0 aliphatic heterocycles. The summed E-state index contributed by atoms with van der Waals surface area (Å²) in [6, 6.07) is 20.6. The molecule has 0 saturated carbocycles. The molecule has 0 unspecified atom stereocenters. The molecule has 0 atom stereocenters. The lowest BCUT2D eigenvalue weighted by atomic mass is 10.1. The van der Waals surface area contributed by atoms with Gasteiger partial charge in [-0.25, -0.2) is 9.59 Å². The van der Waals surface area contributed by atoms with Gasteiger partial charge < -0.3 is 14.4 Å². The van der Waals surface area contributed by atoms with Crippen molar-refractivity contribution in [2.45, 2.75) is 13.8 Å². The van der Waals surface area contributed by atoms with Gasteiger partial charge >= 0.3 is 11.9 Å². The summed E-state index contributed by atoms with van der Waals surface area (Å²) in [6.45, 7) is 10.9. The molecule has 156 valence electrons. The lowest BCUT2D eigenvalue weighted by Gasteiger charge is -2.27. The summed E-state index contributed by atoms with van der Waals surface area (Å²) in [5.74, 6) is -0.279. The van der Waals surface area contributed by atoms with E-state index in [-0.39, 0.29) is 0 Å². The molecule has 3 aromatic rings. The van der Waals surface area contributed by atoms with Crippen molar-refractivity contribution in [3.05, 3.63) is 103 Å². The number of hydrogen-bond donors (Lipinski definition) is 0. The summed E-state index contributed by atoms with van der Waals surface area (Å²) >= 11 is 0. The van der Waals surface area contributed by atoms with Gasteiger partial charge in [0.15, 0.2) is 0 Å². The van der Waals surface area contributed by atoms with Crippen molar-refractivity contribution in [1.29, 1.82) is 0 Å². The normalized spacial score (nSPS) is 10.1. The maximum atomic E-state index is 11.7. The van der Waals surface area contributed by atoms with Gasteiger partial charge in [0.05, 0.1) is 0 Å². The van der Waals surface area contributed by atoms with Crippen molar-refractivity contribution in [2.75, 3.05) is 4.90 Å². The fourth-order valence-corrected chi connectivity index (χ4v) is 3.21. The first kappa shape index (κ1) is 21.6. The van der Waals surface area contributed by atoms with Gasteiger partial charge in [0, 0.05) is 41.3 Å². The molecule has 0 spiro atoms. The molecule has 0 aromatic heterocycles. The maximum absolute atomic E-state index is 11.7. The number of anilines is 3. The molecule has 3 aromatic carbocycles. The molecule has 31 heavy (non-hydrogen) atoms.